The SMILES string of the molecule is Cc1cn(-c2cccc3c2oc2ccccc23)nn1. The lowest BCUT2D eigenvalue weighted by Gasteiger charge is -2.00. The van der Waals surface area contributed by atoms with Crippen LogP contribution in [0.25, 0.3) is 27.6 Å². The number of para-hydroxylation sites is 2. The van der Waals surface area contributed by atoms with E-state index in [1.165, 1.54) is 0 Å². The molecule has 0 saturated carbocycles. The minimum Gasteiger partial charge on any atom is -0.454 e. The number of aryl methyl sites for hydroxylation is 1. The molecule has 2 aromatic heterocycles. The van der Waals surface area contributed by atoms with E-state index in [-0.39, 0.29) is 0 Å². The zero-order chi connectivity index (χ0) is 12.8. The fourth-order valence-electron chi connectivity index (χ4n) is 2.38. The molecule has 0 aliphatic carbocycles. The van der Waals surface area contributed by atoms with E-state index in [2.05, 4.69) is 22.4 Å². The van der Waals surface area contributed by atoms with Crippen LogP contribution >= 0.6 is 0 Å². The first kappa shape index (κ1) is 10.3. The number of hydrogen-bond donors (Lipinski definition) is 0. The molecule has 19 heavy (non-hydrogen) atoms. The van der Waals surface area contributed by atoms with Crippen LogP contribution in [0.3, 0.4) is 0 Å². The van der Waals surface area contributed by atoms with Crippen LogP contribution in [-0.4, -0.2) is 15.0 Å². The van der Waals surface area contributed by atoms with Crippen LogP contribution < -0.4 is 0 Å². The van der Waals surface area contributed by atoms with Gasteiger partial charge in [-0.1, -0.05) is 35.5 Å². The van der Waals surface area contributed by atoms with Crippen molar-refractivity contribution in [3.63, 3.8) is 0 Å². The number of fused-ring (bicyclic) bond motifs is 3. The molecule has 4 rings (SSSR count). The Morgan fingerprint density at radius 1 is 1.00 bits per heavy atom. The topological polar surface area (TPSA) is 43.9 Å². The van der Waals surface area contributed by atoms with Gasteiger partial charge in [-0.05, 0) is 19.1 Å². The molecule has 0 unspecified atom stereocenters. The van der Waals surface area contributed by atoms with Crippen LogP contribution in [0.5, 0.6) is 0 Å². The van der Waals surface area contributed by atoms with E-state index in [1.807, 2.05) is 43.5 Å². The molecule has 2 heterocycles. The van der Waals surface area contributed by atoms with Crippen molar-refractivity contribution < 1.29 is 4.42 Å². The van der Waals surface area contributed by atoms with Gasteiger partial charge in [-0.3, -0.25) is 0 Å². The van der Waals surface area contributed by atoms with E-state index in [0.717, 1.165) is 33.3 Å². The summed E-state index contributed by atoms with van der Waals surface area (Å²) < 4.78 is 7.71. The van der Waals surface area contributed by atoms with E-state index in [0.29, 0.717) is 0 Å². The first-order valence-corrected chi connectivity index (χ1v) is 6.12. The third kappa shape index (κ3) is 1.46. The third-order valence-corrected chi connectivity index (χ3v) is 3.24. The summed E-state index contributed by atoms with van der Waals surface area (Å²) in [7, 11) is 0. The van der Waals surface area contributed by atoms with Crippen LogP contribution in [0.2, 0.25) is 0 Å². The van der Waals surface area contributed by atoms with Gasteiger partial charge in [0, 0.05) is 10.8 Å². The molecule has 0 N–H and O–H groups in total. The zero-order valence-corrected chi connectivity index (χ0v) is 10.4. The van der Waals surface area contributed by atoms with Gasteiger partial charge in [0.25, 0.3) is 0 Å². The number of rotatable bonds is 1. The minimum atomic E-state index is 0.841. The van der Waals surface area contributed by atoms with Crippen molar-refractivity contribution in [3.05, 3.63) is 54.4 Å². The molecule has 0 aliphatic heterocycles. The van der Waals surface area contributed by atoms with Crippen LogP contribution in [0.4, 0.5) is 0 Å². The number of furan rings is 1. The summed E-state index contributed by atoms with van der Waals surface area (Å²) in [6.07, 6.45) is 1.89. The molecule has 0 aliphatic rings. The van der Waals surface area contributed by atoms with Crippen LogP contribution in [-0.2, 0) is 0 Å². The molecule has 4 aromatic rings. The Morgan fingerprint density at radius 3 is 2.68 bits per heavy atom. The Kier molecular flexibility index (Phi) is 2.00. The van der Waals surface area contributed by atoms with Crippen LogP contribution in [0.1, 0.15) is 5.69 Å². The summed E-state index contributed by atoms with van der Waals surface area (Å²) in [5, 5.41) is 10.4. The molecular weight excluding hydrogens is 238 g/mol. The van der Waals surface area contributed by atoms with Gasteiger partial charge in [0.1, 0.15) is 11.3 Å². The van der Waals surface area contributed by atoms with Gasteiger partial charge in [0.05, 0.1) is 11.9 Å². The quantitative estimate of drug-likeness (QED) is 0.518. The van der Waals surface area contributed by atoms with E-state index >= 15 is 0 Å². The molecule has 4 nitrogen and oxygen atoms in total. The lowest BCUT2D eigenvalue weighted by Crippen LogP contribution is -1.94. The predicted octanol–water partition coefficient (Wildman–Crippen LogP) is 3.48. The maximum absolute atomic E-state index is 5.96. The summed E-state index contributed by atoms with van der Waals surface area (Å²) in [4.78, 5) is 0. The summed E-state index contributed by atoms with van der Waals surface area (Å²) >= 11 is 0. The van der Waals surface area contributed by atoms with Crippen molar-refractivity contribution in [1.82, 2.24) is 15.0 Å². The average Bonchev–Trinajstić information content (AvgIpc) is 3.02. The largest absolute Gasteiger partial charge is 0.454 e. The van der Waals surface area contributed by atoms with Crippen LogP contribution in [0.15, 0.2) is 53.1 Å². The molecule has 0 bridgehead atoms. The van der Waals surface area contributed by atoms with Gasteiger partial charge in [0.15, 0.2) is 5.58 Å². The molecule has 2 aromatic carbocycles. The van der Waals surface area contributed by atoms with E-state index in [9.17, 15) is 0 Å². The highest BCUT2D eigenvalue weighted by Crippen LogP contribution is 2.31. The molecule has 0 atom stereocenters. The van der Waals surface area contributed by atoms with Crippen molar-refractivity contribution in [2.45, 2.75) is 6.92 Å². The van der Waals surface area contributed by atoms with E-state index in [4.69, 9.17) is 4.42 Å². The second-order valence-electron chi connectivity index (χ2n) is 4.56. The van der Waals surface area contributed by atoms with Crippen molar-refractivity contribution in [2.24, 2.45) is 0 Å². The monoisotopic (exact) mass is 249 g/mol. The highest BCUT2D eigenvalue weighted by Gasteiger charge is 2.12. The first-order chi connectivity index (χ1) is 9.33. The lowest BCUT2D eigenvalue weighted by molar-refractivity contribution is 0.659. The maximum atomic E-state index is 5.96. The summed E-state index contributed by atoms with van der Waals surface area (Å²) in [5.74, 6) is 0. The third-order valence-electron chi connectivity index (χ3n) is 3.24. The Balaban J connectivity index is 2.12. The van der Waals surface area contributed by atoms with E-state index in [1.54, 1.807) is 4.68 Å². The fraction of sp³-hybridized carbons (Fsp3) is 0.0667. The lowest BCUT2D eigenvalue weighted by atomic mass is 10.1. The Hall–Kier alpha value is -2.62. The fourth-order valence-corrected chi connectivity index (χ4v) is 2.38. The molecule has 0 spiro atoms. The number of hydrogen-bond acceptors (Lipinski definition) is 3. The van der Waals surface area contributed by atoms with Gasteiger partial charge in [-0.2, -0.15) is 0 Å². The van der Waals surface area contributed by atoms with Crippen molar-refractivity contribution in [3.8, 4) is 5.69 Å². The Labute approximate surface area is 109 Å². The first-order valence-electron chi connectivity index (χ1n) is 6.12. The van der Waals surface area contributed by atoms with Crippen molar-refractivity contribution >= 4 is 21.9 Å². The predicted molar refractivity (Wildman–Crippen MR) is 73.4 cm³/mol. The van der Waals surface area contributed by atoms with Gasteiger partial charge in [0.2, 0.25) is 0 Å². The standard InChI is InChI=1S/C15H11N3O/c1-10-9-18(17-16-10)13-7-4-6-12-11-5-2-3-8-14(11)19-15(12)13/h2-9H,1H3. The Bertz CT molecular complexity index is 889. The molecular formula is C15H11N3O. The summed E-state index contributed by atoms with van der Waals surface area (Å²) in [6, 6.07) is 14.1. The van der Waals surface area contributed by atoms with Crippen molar-refractivity contribution in [1.29, 1.82) is 0 Å². The maximum Gasteiger partial charge on any atom is 0.161 e. The highest BCUT2D eigenvalue weighted by atomic mass is 16.3. The average molecular weight is 249 g/mol. The molecule has 0 amide bonds. The van der Waals surface area contributed by atoms with Gasteiger partial charge in [-0.15, -0.1) is 5.10 Å². The second-order valence-corrected chi connectivity index (χ2v) is 4.56. The molecule has 92 valence electrons. The molecule has 0 saturated heterocycles. The second kappa shape index (κ2) is 3.68. The number of aromatic nitrogens is 3. The normalized spacial score (nSPS) is 11.4. The van der Waals surface area contributed by atoms with Crippen LogP contribution in [0, 0.1) is 6.92 Å². The van der Waals surface area contributed by atoms with Gasteiger partial charge < -0.3 is 4.42 Å². The number of benzene rings is 2. The van der Waals surface area contributed by atoms with Gasteiger partial charge >= 0.3 is 0 Å². The summed E-state index contributed by atoms with van der Waals surface area (Å²) in [5.41, 5.74) is 3.53. The highest BCUT2D eigenvalue weighted by molar-refractivity contribution is 6.07. The molecule has 0 radical (unpaired) electrons. The molecule has 0 fully saturated rings. The van der Waals surface area contributed by atoms with Gasteiger partial charge in [-0.25, -0.2) is 4.68 Å². The minimum absolute atomic E-state index is 0.841. The van der Waals surface area contributed by atoms with Crippen molar-refractivity contribution in [2.75, 3.05) is 0 Å². The molecule has 4 heteroatoms. The zero-order valence-electron chi connectivity index (χ0n) is 10.4. The summed E-state index contributed by atoms with van der Waals surface area (Å²) in [6.45, 7) is 1.92. The Morgan fingerprint density at radius 2 is 1.84 bits per heavy atom. The van der Waals surface area contributed by atoms with E-state index < -0.39 is 0 Å². The number of nitrogens with zero attached hydrogens (tertiary/aromatic N) is 3. The smallest absolute Gasteiger partial charge is 0.161 e.